The fourth-order valence-electron chi connectivity index (χ4n) is 0.988. The average molecular weight is 225 g/mol. The van der Waals surface area contributed by atoms with Gasteiger partial charge in [-0.3, -0.25) is 0 Å². The summed E-state index contributed by atoms with van der Waals surface area (Å²) in [4.78, 5) is 0. The number of hydrogen-bond donors (Lipinski definition) is 0. The smallest absolute Gasteiger partial charge is 0.145 e. The Hall–Kier alpha value is 0.657. The van der Waals surface area contributed by atoms with Crippen molar-refractivity contribution in [2.24, 2.45) is 5.41 Å². The molecular weight excluding hydrogens is 208 g/mol. The van der Waals surface area contributed by atoms with Gasteiger partial charge in [0.2, 0.25) is 0 Å². The van der Waals surface area contributed by atoms with E-state index in [-0.39, 0.29) is 0 Å². The van der Waals surface area contributed by atoms with Gasteiger partial charge in [0.05, 0.1) is 0 Å². The maximum Gasteiger partial charge on any atom is 0.145 e. The van der Waals surface area contributed by atoms with E-state index in [2.05, 4.69) is 29.8 Å². The Balaban J connectivity index is 3.87. The Kier molecular flexibility index (Phi) is 5.68. The van der Waals surface area contributed by atoms with E-state index in [0.717, 1.165) is 22.4 Å². The van der Waals surface area contributed by atoms with Crippen LogP contribution in [-0.2, 0) is 4.43 Å². The molecule has 1 nitrogen and oxygen atoms in total. The first-order chi connectivity index (χ1) is 4.74. The molecule has 0 radical (unpaired) electrons. The molecule has 0 spiro atoms. The highest BCUT2D eigenvalue weighted by Gasteiger charge is 2.23. The molecule has 10 heavy (non-hydrogen) atoms. The fourth-order valence-corrected chi connectivity index (χ4v) is 2.56. The van der Waals surface area contributed by atoms with Crippen LogP contribution in [0.15, 0.2) is 0 Å². The molecule has 0 saturated heterocycles. The van der Waals surface area contributed by atoms with E-state index < -0.39 is 0 Å². The lowest BCUT2D eigenvalue weighted by molar-refractivity contribution is 0.169. The topological polar surface area (TPSA) is 9.23 Å². The van der Waals surface area contributed by atoms with Crippen molar-refractivity contribution in [2.45, 2.75) is 26.7 Å². The summed E-state index contributed by atoms with van der Waals surface area (Å²) in [5.74, 6) is 0. The van der Waals surface area contributed by atoms with E-state index in [1.54, 1.807) is 0 Å². The molecular formula is C7H17BrOSi. The third-order valence-corrected chi connectivity index (χ3v) is 3.71. The van der Waals surface area contributed by atoms with Crippen LogP contribution in [0.4, 0.5) is 0 Å². The van der Waals surface area contributed by atoms with Gasteiger partial charge in [-0.15, -0.1) is 0 Å². The maximum absolute atomic E-state index is 5.29. The van der Waals surface area contributed by atoms with Crippen molar-refractivity contribution < 1.29 is 4.43 Å². The molecule has 0 saturated carbocycles. The monoisotopic (exact) mass is 224 g/mol. The van der Waals surface area contributed by atoms with Gasteiger partial charge in [-0.25, -0.2) is 0 Å². The van der Waals surface area contributed by atoms with Crippen molar-refractivity contribution >= 4 is 26.4 Å². The molecule has 0 unspecified atom stereocenters. The molecule has 0 aromatic rings. The zero-order valence-corrected chi connectivity index (χ0v) is 10.7. The van der Waals surface area contributed by atoms with Crippen LogP contribution < -0.4 is 0 Å². The molecule has 0 aromatic carbocycles. The van der Waals surface area contributed by atoms with Gasteiger partial charge < -0.3 is 4.43 Å². The summed E-state index contributed by atoms with van der Waals surface area (Å²) in [6.07, 6.45) is 2.41. The molecule has 0 aliphatic carbocycles. The molecule has 0 fully saturated rings. The number of hydrogen-bond acceptors (Lipinski definition) is 1. The lowest BCUT2D eigenvalue weighted by Gasteiger charge is -2.28. The predicted molar refractivity (Wildman–Crippen MR) is 52.7 cm³/mol. The molecule has 0 bridgehead atoms. The molecule has 0 aliphatic heterocycles. The van der Waals surface area contributed by atoms with Gasteiger partial charge in [-0.1, -0.05) is 29.8 Å². The Morgan fingerprint density at radius 3 is 2.00 bits per heavy atom. The van der Waals surface area contributed by atoms with E-state index in [4.69, 9.17) is 4.43 Å². The van der Waals surface area contributed by atoms with E-state index in [1.807, 2.05) is 0 Å². The van der Waals surface area contributed by atoms with Gasteiger partial charge in [0.25, 0.3) is 0 Å². The zero-order chi connectivity index (χ0) is 8.04. The first kappa shape index (κ1) is 10.7. The highest BCUT2D eigenvalue weighted by molar-refractivity contribution is 9.09. The van der Waals surface area contributed by atoms with Crippen molar-refractivity contribution in [1.29, 1.82) is 0 Å². The van der Waals surface area contributed by atoms with Crippen molar-refractivity contribution in [2.75, 3.05) is 11.9 Å². The van der Waals surface area contributed by atoms with Crippen molar-refractivity contribution in [3.05, 3.63) is 0 Å². The summed E-state index contributed by atoms with van der Waals surface area (Å²) in [6, 6.07) is 0. The number of rotatable bonds is 5. The first-order valence-electron chi connectivity index (χ1n) is 3.79. The lowest BCUT2D eigenvalue weighted by Crippen LogP contribution is -2.26. The van der Waals surface area contributed by atoms with Crippen LogP contribution in [0.2, 0.25) is 0 Å². The first-order valence-corrected chi connectivity index (χ1v) is 5.73. The van der Waals surface area contributed by atoms with Gasteiger partial charge in [-0.05, 0) is 12.8 Å². The van der Waals surface area contributed by atoms with Crippen LogP contribution in [0.1, 0.15) is 26.7 Å². The normalized spacial score (nSPS) is 12.3. The maximum atomic E-state index is 5.29. The van der Waals surface area contributed by atoms with E-state index in [0.29, 0.717) is 5.41 Å². The van der Waals surface area contributed by atoms with Crippen molar-refractivity contribution in [1.82, 2.24) is 0 Å². The summed E-state index contributed by atoms with van der Waals surface area (Å²) >= 11 is 3.53. The number of alkyl halides is 1. The fraction of sp³-hybridized carbons (Fsp3) is 1.00. The number of halogens is 1. The zero-order valence-electron chi connectivity index (χ0n) is 7.11. The Bertz CT molecular complexity index is 75.4. The predicted octanol–water partition coefficient (Wildman–Crippen LogP) is 1.48. The minimum Gasteiger partial charge on any atom is -0.427 e. The minimum atomic E-state index is 0.405. The van der Waals surface area contributed by atoms with Crippen LogP contribution in [0.3, 0.4) is 0 Å². The second-order valence-corrected chi connectivity index (χ2v) is 3.91. The summed E-state index contributed by atoms with van der Waals surface area (Å²) in [5.41, 5.74) is 0.405. The minimum absolute atomic E-state index is 0.405. The van der Waals surface area contributed by atoms with Crippen LogP contribution in [0, 0.1) is 5.41 Å². The van der Waals surface area contributed by atoms with Gasteiger partial charge in [0.15, 0.2) is 0 Å². The van der Waals surface area contributed by atoms with Crippen molar-refractivity contribution in [3.8, 4) is 0 Å². The summed E-state index contributed by atoms with van der Waals surface area (Å²) in [5, 5.41) is 1.06. The molecule has 0 amide bonds. The summed E-state index contributed by atoms with van der Waals surface area (Å²) in [6.45, 7) is 5.38. The third-order valence-electron chi connectivity index (χ3n) is 2.23. The quantitative estimate of drug-likeness (QED) is 0.508. The van der Waals surface area contributed by atoms with Gasteiger partial charge in [0.1, 0.15) is 10.5 Å². The SMILES string of the molecule is CCC(CC)(CBr)CO[SiH3]. The Morgan fingerprint density at radius 1 is 1.40 bits per heavy atom. The molecule has 0 atom stereocenters. The van der Waals surface area contributed by atoms with Crippen LogP contribution in [0.5, 0.6) is 0 Å². The second-order valence-electron chi connectivity index (χ2n) is 2.77. The largest absolute Gasteiger partial charge is 0.427 e. The van der Waals surface area contributed by atoms with Crippen LogP contribution in [-0.4, -0.2) is 22.4 Å². The average Bonchev–Trinajstić information content (AvgIpc) is 2.01. The van der Waals surface area contributed by atoms with Crippen LogP contribution in [0.25, 0.3) is 0 Å². The van der Waals surface area contributed by atoms with E-state index >= 15 is 0 Å². The highest BCUT2D eigenvalue weighted by atomic mass is 79.9. The molecule has 0 N–H and O–H groups in total. The van der Waals surface area contributed by atoms with E-state index in [1.165, 1.54) is 12.8 Å². The molecule has 62 valence electrons. The molecule has 0 rings (SSSR count). The Morgan fingerprint density at radius 2 is 1.90 bits per heavy atom. The van der Waals surface area contributed by atoms with Gasteiger partial charge in [0, 0.05) is 17.4 Å². The molecule has 0 aromatic heterocycles. The molecule has 0 aliphatic rings. The molecule has 0 heterocycles. The second kappa shape index (κ2) is 5.33. The van der Waals surface area contributed by atoms with Crippen molar-refractivity contribution in [3.63, 3.8) is 0 Å². The highest BCUT2D eigenvalue weighted by Crippen LogP contribution is 2.28. The van der Waals surface area contributed by atoms with Gasteiger partial charge >= 0.3 is 0 Å². The van der Waals surface area contributed by atoms with E-state index in [9.17, 15) is 0 Å². The molecule has 3 heteroatoms. The summed E-state index contributed by atoms with van der Waals surface area (Å²) in [7, 11) is 0.863. The standard InChI is InChI=1S/C7H17BrOSi/c1-3-7(4-2,5-8)6-9-10/h3-6H2,1-2,10H3. The Labute approximate surface area is 75.2 Å². The summed E-state index contributed by atoms with van der Waals surface area (Å²) < 4.78 is 5.29. The third kappa shape index (κ3) is 2.72. The van der Waals surface area contributed by atoms with Crippen LogP contribution >= 0.6 is 15.9 Å². The lowest BCUT2D eigenvalue weighted by atomic mass is 9.86. The van der Waals surface area contributed by atoms with Gasteiger partial charge in [-0.2, -0.15) is 0 Å².